The van der Waals surface area contributed by atoms with Crippen LogP contribution in [0.2, 0.25) is 0 Å². The van der Waals surface area contributed by atoms with E-state index in [-0.39, 0.29) is 10.7 Å². The van der Waals surface area contributed by atoms with Crippen molar-refractivity contribution in [3.63, 3.8) is 0 Å². The molecule has 0 saturated carbocycles. The maximum atomic E-state index is 13.3. The highest BCUT2D eigenvalue weighted by atomic mass is 32.2. The van der Waals surface area contributed by atoms with E-state index in [0.717, 1.165) is 24.8 Å². The monoisotopic (exact) mass is 525 g/mol. The number of hydrogen-bond donors (Lipinski definition) is 1. The molecule has 2 aromatic carbocycles. The largest absolute Gasteiger partial charge is 0.306 e. The van der Waals surface area contributed by atoms with Crippen LogP contribution in [-0.2, 0) is 10.0 Å². The maximum Gasteiger partial charge on any atom is 0.256 e. The number of benzene rings is 2. The molecule has 5 rings (SSSR count). The number of sulfonamides is 1. The number of halogens is 1. The summed E-state index contributed by atoms with van der Waals surface area (Å²) in [7, 11) is -3.57. The molecule has 0 unspecified atom stereocenters. The smallest absolute Gasteiger partial charge is 0.256 e. The van der Waals surface area contributed by atoms with E-state index in [1.807, 2.05) is 5.38 Å². The van der Waals surface area contributed by atoms with Crippen LogP contribution >= 0.6 is 11.3 Å². The number of amides is 1. The Morgan fingerprint density at radius 2 is 1.72 bits per heavy atom. The second-order valence-electron chi connectivity index (χ2n) is 8.55. The van der Waals surface area contributed by atoms with Crippen molar-refractivity contribution in [2.45, 2.75) is 31.1 Å². The zero-order chi connectivity index (χ0) is 25.3. The van der Waals surface area contributed by atoms with Gasteiger partial charge in [0, 0.05) is 35.7 Å². The average Bonchev–Trinajstić information content (AvgIpc) is 3.51. The molecule has 186 valence electrons. The molecule has 1 aliphatic heterocycles. The SMILES string of the molecule is Cc1cc(NC(=O)c2ccc(S(=O)(=O)N3CCCCC3)cc2)n(-c2nc(-c3ccc(F)cc3)cs2)n1. The van der Waals surface area contributed by atoms with Gasteiger partial charge in [0.1, 0.15) is 11.6 Å². The van der Waals surface area contributed by atoms with Crippen LogP contribution in [0.25, 0.3) is 16.4 Å². The summed E-state index contributed by atoms with van der Waals surface area (Å²) in [6.45, 7) is 2.85. The lowest BCUT2D eigenvalue weighted by Crippen LogP contribution is -2.35. The first-order valence-corrected chi connectivity index (χ1v) is 13.8. The molecule has 2 aromatic heterocycles. The molecule has 0 bridgehead atoms. The van der Waals surface area contributed by atoms with Gasteiger partial charge in [0.05, 0.1) is 16.3 Å². The summed E-state index contributed by atoms with van der Waals surface area (Å²) in [4.78, 5) is 17.7. The van der Waals surface area contributed by atoms with Crippen molar-refractivity contribution >= 4 is 33.1 Å². The Bertz CT molecular complexity index is 1490. The minimum Gasteiger partial charge on any atom is -0.306 e. The topological polar surface area (TPSA) is 97.2 Å². The van der Waals surface area contributed by atoms with Crippen molar-refractivity contribution < 1.29 is 17.6 Å². The van der Waals surface area contributed by atoms with Crippen molar-refractivity contribution in [1.29, 1.82) is 0 Å². The zero-order valence-corrected chi connectivity index (χ0v) is 21.2. The number of rotatable bonds is 6. The first-order chi connectivity index (χ1) is 17.3. The van der Waals surface area contributed by atoms with E-state index in [9.17, 15) is 17.6 Å². The highest BCUT2D eigenvalue weighted by Crippen LogP contribution is 2.27. The van der Waals surface area contributed by atoms with Gasteiger partial charge < -0.3 is 5.32 Å². The van der Waals surface area contributed by atoms with Crippen molar-refractivity contribution in [2.75, 3.05) is 18.4 Å². The molecule has 1 amide bonds. The van der Waals surface area contributed by atoms with Crippen molar-refractivity contribution in [3.05, 3.63) is 77.1 Å². The van der Waals surface area contributed by atoms with Gasteiger partial charge in [-0.05, 0) is 68.3 Å². The molecule has 1 saturated heterocycles. The minimum absolute atomic E-state index is 0.179. The molecule has 1 fully saturated rings. The average molecular weight is 526 g/mol. The quantitative estimate of drug-likeness (QED) is 0.387. The molecule has 1 N–H and O–H groups in total. The molecule has 11 heteroatoms. The molecular formula is C25H24FN5O3S2. The number of piperidine rings is 1. The first kappa shape index (κ1) is 24.3. The lowest BCUT2D eigenvalue weighted by Gasteiger charge is -2.25. The van der Waals surface area contributed by atoms with E-state index in [1.54, 1.807) is 29.8 Å². The van der Waals surface area contributed by atoms with Gasteiger partial charge in [-0.1, -0.05) is 6.42 Å². The molecule has 8 nitrogen and oxygen atoms in total. The van der Waals surface area contributed by atoms with Crippen LogP contribution in [0, 0.1) is 12.7 Å². The van der Waals surface area contributed by atoms with Crippen LogP contribution in [0.15, 0.2) is 64.9 Å². The molecule has 0 aliphatic carbocycles. The second kappa shape index (κ2) is 9.92. The van der Waals surface area contributed by atoms with Crippen LogP contribution in [0.1, 0.15) is 35.3 Å². The Morgan fingerprint density at radius 1 is 1.03 bits per heavy atom. The van der Waals surface area contributed by atoms with Crippen molar-refractivity contribution in [2.24, 2.45) is 0 Å². The molecule has 0 spiro atoms. The van der Waals surface area contributed by atoms with Gasteiger partial charge >= 0.3 is 0 Å². The molecule has 0 atom stereocenters. The third-order valence-corrected chi connectivity index (χ3v) is 8.68. The Morgan fingerprint density at radius 3 is 2.42 bits per heavy atom. The van der Waals surface area contributed by atoms with Crippen LogP contribution in [0.5, 0.6) is 0 Å². The van der Waals surface area contributed by atoms with E-state index < -0.39 is 15.9 Å². The third kappa shape index (κ3) is 4.95. The van der Waals surface area contributed by atoms with E-state index in [4.69, 9.17) is 0 Å². The molecule has 3 heterocycles. The van der Waals surface area contributed by atoms with E-state index in [0.29, 0.717) is 41.0 Å². The van der Waals surface area contributed by atoms with Crippen molar-refractivity contribution in [3.8, 4) is 16.4 Å². The van der Waals surface area contributed by atoms with Gasteiger partial charge in [-0.25, -0.2) is 17.8 Å². The molecular weight excluding hydrogens is 501 g/mol. The fourth-order valence-electron chi connectivity index (χ4n) is 4.07. The lowest BCUT2D eigenvalue weighted by molar-refractivity contribution is 0.102. The van der Waals surface area contributed by atoms with Crippen molar-refractivity contribution in [1.82, 2.24) is 19.1 Å². The summed E-state index contributed by atoms with van der Waals surface area (Å²) in [5.74, 6) is -0.282. The normalized spacial score (nSPS) is 14.6. The van der Waals surface area contributed by atoms with Crippen LogP contribution < -0.4 is 5.32 Å². The highest BCUT2D eigenvalue weighted by Gasteiger charge is 2.26. The minimum atomic E-state index is -3.57. The van der Waals surface area contributed by atoms with Gasteiger partial charge in [0.15, 0.2) is 0 Å². The van der Waals surface area contributed by atoms with Gasteiger partial charge in [-0.3, -0.25) is 4.79 Å². The zero-order valence-electron chi connectivity index (χ0n) is 19.5. The fourth-order valence-corrected chi connectivity index (χ4v) is 6.38. The predicted molar refractivity (Wildman–Crippen MR) is 136 cm³/mol. The van der Waals surface area contributed by atoms with Gasteiger partial charge in [-0.2, -0.15) is 14.1 Å². The van der Waals surface area contributed by atoms with Crippen LogP contribution in [-0.4, -0.2) is 46.5 Å². The number of carbonyl (C=O) groups excluding carboxylic acids is 1. The Hall–Kier alpha value is -3.41. The van der Waals surface area contributed by atoms with Crippen LogP contribution in [0.4, 0.5) is 10.2 Å². The molecule has 1 aliphatic rings. The molecule has 0 radical (unpaired) electrons. The number of aryl methyl sites for hydroxylation is 1. The number of thiazole rings is 1. The summed E-state index contributed by atoms with van der Waals surface area (Å²) in [5.41, 5.74) is 2.45. The number of carbonyl (C=O) groups is 1. The predicted octanol–water partition coefficient (Wildman–Crippen LogP) is 4.87. The third-order valence-electron chi connectivity index (χ3n) is 5.96. The lowest BCUT2D eigenvalue weighted by atomic mass is 10.2. The standard InChI is InChI=1S/C25H24FN5O3S2/c1-17-15-23(31(29-17)25-27-22(16-35-25)18-5-9-20(26)10-6-18)28-24(32)19-7-11-21(12-8-19)36(33,34)30-13-3-2-4-14-30/h5-12,15-16H,2-4,13-14H2,1H3,(H,28,32). The molecule has 4 aromatic rings. The van der Waals surface area contributed by atoms with Gasteiger partial charge in [0.25, 0.3) is 5.91 Å². The summed E-state index contributed by atoms with van der Waals surface area (Å²) in [6.07, 6.45) is 2.75. The number of aromatic nitrogens is 3. The fraction of sp³-hybridized carbons (Fsp3) is 0.240. The number of nitrogens with zero attached hydrogens (tertiary/aromatic N) is 4. The first-order valence-electron chi connectivity index (χ1n) is 11.5. The van der Waals surface area contributed by atoms with Gasteiger partial charge in [-0.15, -0.1) is 11.3 Å². The Balaban J connectivity index is 1.34. The Labute approximate surface area is 212 Å². The molecule has 36 heavy (non-hydrogen) atoms. The number of hydrogen-bond acceptors (Lipinski definition) is 6. The highest BCUT2D eigenvalue weighted by molar-refractivity contribution is 7.89. The van der Waals surface area contributed by atoms with Gasteiger partial charge in [0.2, 0.25) is 15.2 Å². The summed E-state index contributed by atoms with van der Waals surface area (Å²) >= 11 is 1.34. The summed E-state index contributed by atoms with van der Waals surface area (Å²) in [5, 5.41) is 9.68. The maximum absolute atomic E-state index is 13.3. The van der Waals surface area contributed by atoms with E-state index in [1.165, 1.54) is 52.0 Å². The summed E-state index contributed by atoms with van der Waals surface area (Å²) in [6, 6.07) is 13.7. The van der Waals surface area contributed by atoms with Crippen LogP contribution in [0.3, 0.4) is 0 Å². The number of anilines is 1. The number of nitrogens with one attached hydrogen (secondary N) is 1. The summed E-state index contributed by atoms with van der Waals surface area (Å²) < 4.78 is 42.0. The Kier molecular flexibility index (Phi) is 6.69. The van der Waals surface area contributed by atoms with E-state index in [2.05, 4.69) is 15.4 Å². The van der Waals surface area contributed by atoms with E-state index >= 15 is 0 Å². The second-order valence-corrected chi connectivity index (χ2v) is 11.3.